The number of hydrogen-bond acceptors (Lipinski definition) is 5. The van der Waals surface area contributed by atoms with Gasteiger partial charge in [-0.2, -0.15) is 5.10 Å². The van der Waals surface area contributed by atoms with Gasteiger partial charge < -0.3 is 10.2 Å². The average Bonchev–Trinajstić information content (AvgIpc) is 2.82. The summed E-state index contributed by atoms with van der Waals surface area (Å²) in [5.41, 5.74) is -0.0447. The minimum atomic E-state index is -0.0447. The number of aromatic nitrogens is 3. The largest absolute Gasteiger partial charge is 0.349 e. The summed E-state index contributed by atoms with van der Waals surface area (Å²) in [4.78, 5) is 10.8. The van der Waals surface area contributed by atoms with E-state index in [0.717, 1.165) is 24.9 Å². The van der Waals surface area contributed by atoms with E-state index >= 15 is 0 Å². The molecule has 2 rings (SSSR count). The molecule has 0 bridgehead atoms. The number of hydrogen-bond donors (Lipinski definition) is 1. The van der Waals surface area contributed by atoms with Gasteiger partial charge in [0.2, 0.25) is 0 Å². The first kappa shape index (κ1) is 11.9. The lowest BCUT2D eigenvalue weighted by Crippen LogP contribution is -2.36. The number of guanidine groups is 1. The lowest BCUT2D eigenvalue weighted by atomic mass is 10.1. The molecule has 0 unspecified atom stereocenters. The maximum absolute atomic E-state index is 4.38. The van der Waals surface area contributed by atoms with Crippen LogP contribution >= 0.6 is 0 Å². The van der Waals surface area contributed by atoms with E-state index in [1.165, 1.54) is 0 Å². The SMILES string of the molecule is CN1CCN=C1NCc1ncnn1C(C)(C)C. The standard InChI is InChI=1S/C11H20N6/c1-11(2,3)17-9(14-8-15-17)7-13-10-12-5-6-16(10)4/h8H,5-7H2,1-4H3,(H,12,13). The van der Waals surface area contributed by atoms with Crippen molar-refractivity contribution >= 4 is 5.96 Å². The van der Waals surface area contributed by atoms with Gasteiger partial charge in [-0.05, 0) is 20.8 Å². The van der Waals surface area contributed by atoms with E-state index < -0.39 is 0 Å². The highest BCUT2D eigenvalue weighted by Crippen LogP contribution is 2.13. The summed E-state index contributed by atoms with van der Waals surface area (Å²) in [5.74, 6) is 1.87. The molecule has 1 aliphatic heterocycles. The topological polar surface area (TPSA) is 58.3 Å². The number of aliphatic imine (C=N–C) groups is 1. The lowest BCUT2D eigenvalue weighted by molar-refractivity contribution is 0.339. The molecule has 1 N–H and O–H groups in total. The Balaban J connectivity index is 2.02. The molecule has 0 spiro atoms. The number of likely N-dealkylation sites (N-methyl/N-ethyl adjacent to an activating group) is 1. The Kier molecular flexibility index (Phi) is 3.04. The maximum atomic E-state index is 4.38. The maximum Gasteiger partial charge on any atom is 0.194 e. The molecule has 0 atom stereocenters. The van der Waals surface area contributed by atoms with Gasteiger partial charge in [-0.1, -0.05) is 0 Å². The Morgan fingerprint density at radius 1 is 1.41 bits per heavy atom. The van der Waals surface area contributed by atoms with Crippen LogP contribution in [0.4, 0.5) is 0 Å². The van der Waals surface area contributed by atoms with Crippen molar-refractivity contribution in [3.8, 4) is 0 Å². The third kappa shape index (κ3) is 2.57. The van der Waals surface area contributed by atoms with E-state index in [0.29, 0.717) is 6.54 Å². The fraction of sp³-hybridized carbons (Fsp3) is 0.727. The van der Waals surface area contributed by atoms with Crippen molar-refractivity contribution in [2.75, 3.05) is 20.1 Å². The van der Waals surface area contributed by atoms with Crippen LogP contribution in [0.1, 0.15) is 26.6 Å². The van der Waals surface area contributed by atoms with Crippen LogP contribution < -0.4 is 5.32 Å². The molecule has 1 aliphatic rings. The molecule has 1 aromatic rings. The summed E-state index contributed by atoms with van der Waals surface area (Å²) >= 11 is 0. The predicted octanol–water partition coefficient (Wildman–Crippen LogP) is 0.424. The summed E-state index contributed by atoms with van der Waals surface area (Å²) in [5, 5.41) is 7.56. The van der Waals surface area contributed by atoms with Crippen molar-refractivity contribution in [3.05, 3.63) is 12.2 Å². The van der Waals surface area contributed by atoms with Crippen molar-refractivity contribution in [3.63, 3.8) is 0 Å². The summed E-state index contributed by atoms with van der Waals surface area (Å²) in [6.45, 7) is 8.85. The van der Waals surface area contributed by atoms with Crippen LogP contribution in [-0.4, -0.2) is 45.8 Å². The molecule has 0 saturated carbocycles. The van der Waals surface area contributed by atoms with Gasteiger partial charge in [0.1, 0.15) is 12.2 Å². The fourth-order valence-electron chi connectivity index (χ4n) is 1.83. The molecule has 17 heavy (non-hydrogen) atoms. The van der Waals surface area contributed by atoms with Gasteiger partial charge in [0.25, 0.3) is 0 Å². The Morgan fingerprint density at radius 3 is 2.76 bits per heavy atom. The molecule has 94 valence electrons. The van der Waals surface area contributed by atoms with E-state index in [1.807, 2.05) is 11.7 Å². The molecule has 0 fully saturated rings. The fourth-order valence-corrected chi connectivity index (χ4v) is 1.83. The van der Waals surface area contributed by atoms with E-state index in [-0.39, 0.29) is 5.54 Å². The van der Waals surface area contributed by atoms with E-state index in [1.54, 1.807) is 6.33 Å². The quantitative estimate of drug-likeness (QED) is 0.808. The number of nitrogens with zero attached hydrogens (tertiary/aromatic N) is 5. The molecule has 0 aliphatic carbocycles. The van der Waals surface area contributed by atoms with E-state index in [9.17, 15) is 0 Å². The second kappa shape index (κ2) is 4.35. The zero-order valence-electron chi connectivity index (χ0n) is 10.9. The van der Waals surface area contributed by atoms with Crippen LogP contribution in [0.2, 0.25) is 0 Å². The van der Waals surface area contributed by atoms with Crippen LogP contribution in [0, 0.1) is 0 Å². The van der Waals surface area contributed by atoms with Gasteiger partial charge in [0.15, 0.2) is 5.96 Å². The van der Waals surface area contributed by atoms with Crippen LogP contribution in [0.3, 0.4) is 0 Å². The lowest BCUT2D eigenvalue weighted by Gasteiger charge is -2.22. The second-order valence-corrected chi connectivity index (χ2v) is 5.24. The second-order valence-electron chi connectivity index (χ2n) is 5.24. The van der Waals surface area contributed by atoms with Crippen LogP contribution in [0.25, 0.3) is 0 Å². The van der Waals surface area contributed by atoms with Crippen molar-refractivity contribution in [2.45, 2.75) is 32.9 Å². The normalized spacial score (nSPS) is 16.2. The third-order valence-corrected chi connectivity index (χ3v) is 2.72. The summed E-state index contributed by atoms with van der Waals surface area (Å²) < 4.78 is 1.94. The zero-order chi connectivity index (χ0) is 12.5. The molecular formula is C11H20N6. The molecule has 0 amide bonds. The Labute approximate surface area is 102 Å². The van der Waals surface area contributed by atoms with Crippen molar-refractivity contribution in [1.82, 2.24) is 25.0 Å². The van der Waals surface area contributed by atoms with Gasteiger partial charge in [-0.25, -0.2) is 9.67 Å². The monoisotopic (exact) mass is 236 g/mol. The molecule has 0 aromatic carbocycles. The van der Waals surface area contributed by atoms with Gasteiger partial charge in [-0.15, -0.1) is 0 Å². The average molecular weight is 236 g/mol. The van der Waals surface area contributed by atoms with Crippen LogP contribution in [0.5, 0.6) is 0 Å². The minimum absolute atomic E-state index is 0.0447. The van der Waals surface area contributed by atoms with E-state index in [2.05, 4.69) is 46.1 Å². The first-order chi connectivity index (χ1) is 7.98. The highest BCUT2D eigenvalue weighted by molar-refractivity contribution is 5.81. The summed E-state index contributed by atoms with van der Waals surface area (Å²) in [6.07, 6.45) is 1.60. The van der Waals surface area contributed by atoms with Gasteiger partial charge in [0.05, 0.1) is 18.6 Å². The molecule has 2 heterocycles. The minimum Gasteiger partial charge on any atom is -0.349 e. The number of rotatable bonds is 2. The highest BCUT2D eigenvalue weighted by atomic mass is 15.4. The van der Waals surface area contributed by atoms with Crippen LogP contribution in [0.15, 0.2) is 11.3 Å². The highest BCUT2D eigenvalue weighted by Gasteiger charge is 2.19. The Hall–Kier alpha value is -1.59. The molecule has 0 radical (unpaired) electrons. The van der Waals surface area contributed by atoms with Crippen molar-refractivity contribution < 1.29 is 0 Å². The summed E-state index contributed by atoms with van der Waals surface area (Å²) in [7, 11) is 2.04. The smallest absolute Gasteiger partial charge is 0.194 e. The third-order valence-electron chi connectivity index (χ3n) is 2.72. The molecule has 6 nitrogen and oxygen atoms in total. The molecule has 0 saturated heterocycles. The first-order valence-corrected chi connectivity index (χ1v) is 5.87. The van der Waals surface area contributed by atoms with Gasteiger partial charge >= 0.3 is 0 Å². The molecule has 6 heteroatoms. The van der Waals surface area contributed by atoms with Gasteiger partial charge in [-0.3, -0.25) is 4.99 Å². The molecule has 1 aromatic heterocycles. The summed E-state index contributed by atoms with van der Waals surface area (Å²) in [6, 6.07) is 0. The van der Waals surface area contributed by atoms with Gasteiger partial charge in [0, 0.05) is 13.6 Å². The van der Waals surface area contributed by atoms with Crippen LogP contribution in [-0.2, 0) is 12.1 Å². The first-order valence-electron chi connectivity index (χ1n) is 5.87. The Bertz CT molecular complexity index is 414. The van der Waals surface area contributed by atoms with Crippen molar-refractivity contribution in [1.29, 1.82) is 0 Å². The predicted molar refractivity (Wildman–Crippen MR) is 66.8 cm³/mol. The number of nitrogens with one attached hydrogen (secondary N) is 1. The zero-order valence-corrected chi connectivity index (χ0v) is 10.9. The Morgan fingerprint density at radius 2 is 2.18 bits per heavy atom. The molecular weight excluding hydrogens is 216 g/mol. The van der Waals surface area contributed by atoms with Crippen molar-refractivity contribution in [2.24, 2.45) is 4.99 Å². The van der Waals surface area contributed by atoms with E-state index in [4.69, 9.17) is 0 Å².